The molecule has 2 aromatic heterocycles. The van der Waals surface area contributed by atoms with E-state index in [0.29, 0.717) is 12.1 Å². The van der Waals surface area contributed by atoms with Crippen molar-refractivity contribution in [2.24, 2.45) is 0 Å². The molecule has 0 spiro atoms. The molecule has 0 unspecified atom stereocenters. The molecule has 0 saturated carbocycles. The maximum Gasteiger partial charge on any atom is 0.140 e. The van der Waals surface area contributed by atoms with Crippen LogP contribution in [0.25, 0.3) is 11.4 Å². The molecular weight excluding hydrogens is 298 g/mol. The Morgan fingerprint density at radius 1 is 1.21 bits per heavy atom. The van der Waals surface area contributed by atoms with Gasteiger partial charge in [-0.1, -0.05) is 25.5 Å². The Balaban J connectivity index is 1.98. The van der Waals surface area contributed by atoms with Crippen LogP contribution >= 0.6 is 0 Å². The third-order valence-electron chi connectivity index (χ3n) is 4.04. The highest BCUT2D eigenvalue weighted by molar-refractivity contribution is 5.58. The number of hydrogen-bond donors (Lipinski definition) is 0. The van der Waals surface area contributed by atoms with Gasteiger partial charge in [-0.25, -0.2) is 15.0 Å². The first-order valence-electron chi connectivity index (χ1n) is 8.04. The monoisotopic (exact) mass is 317 g/mol. The first kappa shape index (κ1) is 15.9. The normalized spacial score (nSPS) is 10.5. The standard InChI is InChI=1S/C19H19N5/c1-3-5-17-14(2)22-13-23-18(17)12-24-9-8-21-19(24)16-7-4-6-15(10-16)11-20/h4,6-10,13H,3,5,12H2,1-2H3. The lowest BCUT2D eigenvalue weighted by atomic mass is 10.1. The van der Waals surface area contributed by atoms with Gasteiger partial charge in [-0.15, -0.1) is 0 Å². The molecule has 0 saturated heterocycles. The smallest absolute Gasteiger partial charge is 0.140 e. The van der Waals surface area contributed by atoms with Gasteiger partial charge in [-0.2, -0.15) is 5.26 Å². The van der Waals surface area contributed by atoms with Gasteiger partial charge in [0.2, 0.25) is 0 Å². The first-order chi connectivity index (χ1) is 11.7. The molecule has 0 N–H and O–H groups in total. The second-order valence-electron chi connectivity index (χ2n) is 5.71. The van der Waals surface area contributed by atoms with Crippen LogP contribution in [0.4, 0.5) is 0 Å². The summed E-state index contributed by atoms with van der Waals surface area (Å²) in [7, 11) is 0. The number of aromatic nitrogens is 4. The largest absolute Gasteiger partial charge is 0.325 e. The zero-order valence-corrected chi connectivity index (χ0v) is 13.9. The third-order valence-corrected chi connectivity index (χ3v) is 4.04. The molecule has 0 radical (unpaired) electrons. The summed E-state index contributed by atoms with van der Waals surface area (Å²) >= 11 is 0. The quantitative estimate of drug-likeness (QED) is 0.722. The second kappa shape index (κ2) is 7.05. The van der Waals surface area contributed by atoms with Crippen molar-refractivity contribution in [2.45, 2.75) is 33.2 Å². The minimum atomic E-state index is 0.631. The van der Waals surface area contributed by atoms with Crippen LogP contribution in [0.15, 0.2) is 43.0 Å². The molecule has 1 aromatic carbocycles. The molecule has 0 aliphatic carbocycles. The van der Waals surface area contributed by atoms with E-state index in [1.165, 1.54) is 5.56 Å². The molecule has 0 bridgehead atoms. The molecule has 5 nitrogen and oxygen atoms in total. The van der Waals surface area contributed by atoms with E-state index in [-0.39, 0.29) is 0 Å². The van der Waals surface area contributed by atoms with E-state index in [4.69, 9.17) is 5.26 Å². The maximum atomic E-state index is 9.10. The number of nitriles is 1. The van der Waals surface area contributed by atoms with Crippen LogP contribution in [-0.2, 0) is 13.0 Å². The van der Waals surface area contributed by atoms with Gasteiger partial charge < -0.3 is 4.57 Å². The van der Waals surface area contributed by atoms with E-state index >= 15 is 0 Å². The number of nitrogens with zero attached hydrogens (tertiary/aromatic N) is 5. The van der Waals surface area contributed by atoms with Crippen molar-refractivity contribution >= 4 is 0 Å². The number of rotatable bonds is 5. The van der Waals surface area contributed by atoms with E-state index in [9.17, 15) is 0 Å². The summed E-state index contributed by atoms with van der Waals surface area (Å²) < 4.78 is 2.07. The zero-order valence-electron chi connectivity index (χ0n) is 13.9. The molecule has 120 valence electrons. The number of aryl methyl sites for hydroxylation is 1. The van der Waals surface area contributed by atoms with E-state index in [2.05, 4.69) is 32.5 Å². The van der Waals surface area contributed by atoms with E-state index in [0.717, 1.165) is 35.6 Å². The summed E-state index contributed by atoms with van der Waals surface area (Å²) in [5.41, 5.74) is 4.84. The summed E-state index contributed by atoms with van der Waals surface area (Å²) in [5, 5.41) is 9.10. The summed E-state index contributed by atoms with van der Waals surface area (Å²) in [6.45, 7) is 4.83. The van der Waals surface area contributed by atoms with Crippen LogP contribution in [0, 0.1) is 18.3 Å². The maximum absolute atomic E-state index is 9.10. The molecule has 0 amide bonds. The molecule has 5 heteroatoms. The average Bonchev–Trinajstić information content (AvgIpc) is 3.06. The van der Waals surface area contributed by atoms with Gasteiger partial charge in [0.15, 0.2) is 0 Å². The van der Waals surface area contributed by atoms with E-state index in [1.807, 2.05) is 31.3 Å². The average molecular weight is 317 g/mol. The van der Waals surface area contributed by atoms with Gasteiger partial charge in [0.25, 0.3) is 0 Å². The van der Waals surface area contributed by atoms with Crippen LogP contribution in [-0.4, -0.2) is 19.5 Å². The molecule has 3 aromatic rings. The third kappa shape index (κ3) is 3.18. The number of benzene rings is 1. The fourth-order valence-electron chi connectivity index (χ4n) is 2.85. The number of imidazole rings is 1. The van der Waals surface area contributed by atoms with Crippen LogP contribution in [0.3, 0.4) is 0 Å². The Morgan fingerprint density at radius 2 is 2.08 bits per heavy atom. The molecular formula is C19H19N5. The fraction of sp³-hybridized carbons (Fsp3) is 0.263. The predicted molar refractivity (Wildman–Crippen MR) is 92.2 cm³/mol. The summed E-state index contributed by atoms with van der Waals surface area (Å²) in [6, 6.07) is 9.68. The van der Waals surface area contributed by atoms with Gasteiger partial charge in [-0.05, 0) is 31.0 Å². The first-order valence-corrected chi connectivity index (χ1v) is 8.04. The molecule has 24 heavy (non-hydrogen) atoms. The molecule has 3 rings (SSSR count). The minimum absolute atomic E-state index is 0.631. The second-order valence-corrected chi connectivity index (χ2v) is 5.71. The van der Waals surface area contributed by atoms with Gasteiger partial charge in [-0.3, -0.25) is 0 Å². The Kier molecular flexibility index (Phi) is 4.66. The molecule has 0 aliphatic heterocycles. The van der Waals surface area contributed by atoms with Crippen molar-refractivity contribution in [2.75, 3.05) is 0 Å². The summed E-state index contributed by atoms with van der Waals surface area (Å²) in [5.74, 6) is 0.839. The SMILES string of the molecule is CCCc1c(C)ncnc1Cn1ccnc1-c1cccc(C#N)c1. The Morgan fingerprint density at radius 3 is 2.88 bits per heavy atom. The Bertz CT molecular complexity index is 889. The summed E-state index contributed by atoms with van der Waals surface area (Å²) in [6.07, 6.45) is 7.37. The van der Waals surface area contributed by atoms with Crippen LogP contribution in [0.2, 0.25) is 0 Å². The molecule has 0 atom stereocenters. The highest BCUT2D eigenvalue weighted by Crippen LogP contribution is 2.21. The van der Waals surface area contributed by atoms with Crippen molar-refractivity contribution in [1.82, 2.24) is 19.5 Å². The highest BCUT2D eigenvalue weighted by Gasteiger charge is 2.12. The van der Waals surface area contributed by atoms with Crippen LogP contribution in [0.5, 0.6) is 0 Å². The minimum Gasteiger partial charge on any atom is -0.325 e. The molecule has 2 heterocycles. The highest BCUT2D eigenvalue weighted by atomic mass is 15.1. The lowest BCUT2D eigenvalue weighted by Crippen LogP contribution is -2.09. The predicted octanol–water partition coefficient (Wildman–Crippen LogP) is 3.52. The Labute approximate surface area is 141 Å². The van der Waals surface area contributed by atoms with Crippen molar-refractivity contribution in [1.29, 1.82) is 5.26 Å². The van der Waals surface area contributed by atoms with Gasteiger partial charge >= 0.3 is 0 Å². The van der Waals surface area contributed by atoms with Crippen LogP contribution in [0.1, 0.15) is 35.9 Å². The van der Waals surface area contributed by atoms with Crippen LogP contribution < -0.4 is 0 Å². The van der Waals surface area contributed by atoms with Crippen molar-refractivity contribution < 1.29 is 0 Å². The fourth-order valence-corrected chi connectivity index (χ4v) is 2.85. The lowest BCUT2D eigenvalue weighted by Gasteiger charge is -2.12. The zero-order chi connectivity index (χ0) is 16.9. The van der Waals surface area contributed by atoms with Crippen molar-refractivity contribution in [3.05, 3.63) is 65.5 Å². The van der Waals surface area contributed by atoms with Crippen molar-refractivity contribution in [3.63, 3.8) is 0 Å². The topological polar surface area (TPSA) is 67.4 Å². The van der Waals surface area contributed by atoms with E-state index in [1.54, 1.807) is 18.6 Å². The molecule has 0 fully saturated rings. The van der Waals surface area contributed by atoms with Gasteiger partial charge in [0.1, 0.15) is 12.2 Å². The van der Waals surface area contributed by atoms with Crippen molar-refractivity contribution in [3.8, 4) is 17.5 Å². The van der Waals surface area contributed by atoms with E-state index < -0.39 is 0 Å². The molecule has 0 aliphatic rings. The Hall–Kier alpha value is -3.00. The lowest BCUT2D eigenvalue weighted by molar-refractivity contribution is 0.745. The van der Waals surface area contributed by atoms with Gasteiger partial charge in [0, 0.05) is 23.7 Å². The number of hydrogen-bond acceptors (Lipinski definition) is 4. The summed E-state index contributed by atoms with van der Waals surface area (Å²) in [4.78, 5) is 13.3. The van der Waals surface area contributed by atoms with Gasteiger partial charge in [0.05, 0.1) is 23.9 Å².